The topological polar surface area (TPSA) is 30.7 Å². The van der Waals surface area contributed by atoms with Gasteiger partial charge in [0.05, 0.1) is 16.9 Å². The third kappa shape index (κ3) is 3.41. The van der Waals surface area contributed by atoms with Crippen molar-refractivity contribution in [1.82, 2.24) is 14.8 Å². The number of rotatable bonds is 4. The minimum Gasteiger partial charge on any atom is -0.267 e. The first-order chi connectivity index (χ1) is 12.7. The van der Waals surface area contributed by atoms with E-state index in [2.05, 4.69) is 59.5 Å². The number of nitrogens with zero attached hydrogens (tertiary/aromatic N) is 3. The molecule has 0 aliphatic carbocycles. The minimum atomic E-state index is 0.929. The van der Waals surface area contributed by atoms with Gasteiger partial charge in [-0.3, -0.25) is 9.67 Å². The van der Waals surface area contributed by atoms with Crippen molar-refractivity contribution >= 4 is 34.8 Å². The summed E-state index contributed by atoms with van der Waals surface area (Å²) in [7, 11) is 1.99. The van der Waals surface area contributed by atoms with Gasteiger partial charge in [0.2, 0.25) is 0 Å². The second kappa shape index (κ2) is 7.18. The van der Waals surface area contributed by atoms with Crippen molar-refractivity contribution in [2.75, 3.05) is 0 Å². The first-order valence-corrected chi connectivity index (χ1v) is 9.32. The van der Waals surface area contributed by atoms with E-state index < -0.39 is 0 Å². The van der Waals surface area contributed by atoms with E-state index in [-0.39, 0.29) is 0 Å². The van der Waals surface area contributed by atoms with E-state index in [1.165, 1.54) is 15.4 Å². The Morgan fingerprint density at radius 3 is 2.62 bits per heavy atom. The molecule has 0 radical (unpaired) electrons. The van der Waals surface area contributed by atoms with Gasteiger partial charge in [-0.15, -0.1) is 0 Å². The Morgan fingerprint density at radius 1 is 0.962 bits per heavy atom. The number of hydrogen-bond acceptors (Lipinski definition) is 3. The van der Waals surface area contributed by atoms with Gasteiger partial charge in [-0.2, -0.15) is 5.10 Å². The normalized spacial score (nSPS) is 11.5. The van der Waals surface area contributed by atoms with Crippen molar-refractivity contribution in [3.05, 3.63) is 83.8 Å². The van der Waals surface area contributed by atoms with Gasteiger partial charge in [0.25, 0.3) is 0 Å². The van der Waals surface area contributed by atoms with Crippen molar-refractivity contribution in [3.8, 4) is 0 Å². The van der Waals surface area contributed by atoms with E-state index in [1.807, 2.05) is 42.1 Å². The molecule has 4 heteroatoms. The predicted molar refractivity (Wildman–Crippen MR) is 109 cm³/mol. The molecule has 0 fully saturated rings. The molecular formula is C22H19N3S. The van der Waals surface area contributed by atoms with Crippen LogP contribution in [0.15, 0.2) is 76.7 Å². The lowest BCUT2D eigenvalue weighted by molar-refractivity contribution is 0.792. The molecule has 2 aromatic carbocycles. The van der Waals surface area contributed by atoms with Gasteiger partial charge < -0.3 is 0 Å². The highest BCUT2D eigenvalue weighted by molar-refractivity contribution is 7.99. The molecule has 0 saturated heterocycles. The fourth-order valence-electron chi connectivity index (χ4n) is 2.89. The van der Waals surface area contributed by atoms with Crippen LogP contribution in [0.4, 0.5) is 0 Å². The van der Waals surface area contributed by atoms with Crippen molar-refractivity contribution < 1.29 is 0 Å². The maximum Gasteiger partial charge on any atom is 0.0930 e. The van der Waals surface area contributed by atoms with Gasteiger partial charge >= 0.3 is 0 Å². The average Bonchev–Trinajstić information content (AvgIpc) is 2.98. The molecule has 0 saturated carbocycles. The summed E-state index contributed by atoms with van der Waals surface area (Å²) in [5, 5.41) is 5.81. The maximum atomic E-state index is 4.66. The van der Waals surface area contributed by atoms with Gasteiger partial charge in [0, 0.05) is 28.4 Å². The number of benzene rings is 2. The zero-order chi connectivity index (χ0) is 17.9. The van der Waals surface area contributed by atoms with Crippen LogP contribution in [-0.4, -0.2) is 14.8 Å². The smallest absolute Gasteiger partial charge is 0.0930 e. The Kier molecular flexibility index (Phi) is 4.59. The maximum absolute atomic E-state index is 4.66. The SMILES string of the molecule is Cc1ccccc1Sc1ccc2c(/C=C/c3ccccn3)nn(C)c2c1. The standard InChI is InChI=1S/C22H19N3S/c1-16-7-3-4-9-22(16)26-18-11-12-19-20(24-25(2)21(19)15-18)13-10-17-8-5-6-14-23-17/h3-15H,1-2H3/b13-10+. The van der Waals surface area contributed by atoms with Crippen LogP contribution in [0.5, 0.6) is 0 Å². The first-order valence-electron chi connectivity index (χ1n) is 8.50. The Hall–Kier alpha value is -2.85. The third-order valence-electron chi connectivity index (χ3n) is 4.27. The van der Waals surface area contributed by atoms with E-state index in [9.17, 15) is 0 Å². The Bertz CT molecular complexity index is 1080. The summed E-state index contributed by atoms with van der Waals surface area (Å²) in [6.45, 7) is 2.14. The molecular weight excluding hydrogens is 338 g/mol. The molecule has 0 aliphatic rings. The summed E-state index contributed by atoms with van der Waals surface area (Å²) in [4.78, 5) is 6.82. The van der Waals surface area contributed by atoms with Crippen molar-refractivity contribution in [1.29, 1.82) is 0 Å². The van der Waals surface area contributed by atoms with Crippen LogP contribution in [0.1, 0.15) is 17.0 Å². The van der Waals surface area contributed by atoms with Crippen LogP contribution in [0, 0.1) is 6.92 Å². The molecule has 0 atom stereocenters. The quantitative estimate of drug-likeness (QED) is 0.476. The van der Waals surface area contributed by atoms with Crippen LogP contribution < -0.4 is 0 Å². The number of hydrogen-bond donors (Lipinski definition) is 0. The van der Waals surface area contributed by atoms with E-state index in [4.69, 9.17) is 0 Å². The summed E-state index contributed by atoms with van der Waals surface area (Å²) < 4.78 is 1.94. The highest BCUT2D eigenvalue weighted by atomic mass is 32.2. The second-order valence-electron chi connectivity index (χ2n) is 6.14. The van der Waals surface area contributed by atoms with Crippen molar-refractivity contribution in [2.24, 2.45) is 7.05 Å². The molecule has 0 N–H and O–H groups in total. The Balaban J connectivity index is 1.66. The lowest BCUT2D eigenvalue weighted by atomic mass is 10.2. The monoisotopic (exact) mass is 357 g/mol. The van der Waals surface area contributed by atoms with E-state index in [0.29, 0.717) is 0 Å². The van der Waals surface area contributed by atoms with Crippen molar-refractivity contribution in [3.63, 3.8) is 0 Å². The van der Waals surface area contributed by atoms with Gasteiger partial charge in [0.1, 0.15) is 0 Å². The van der Waals surface area contributed by atoms with Gasteiger partial charge in [0.15, 0.2) is 0 Å². The fraction of sp³-hybridized carbons (Fsp3) is 0.0909. The molecule has 3 nitrogen and oxygen atoms in total. The van der Waals surface area contributed by atoms with Crippen LogP contribution in [-0.2, 0) is 7.05 Å². The van der Waals surface area contributed by atoms with E-state index in [0.717, 1.165) is 22.3 Å². The molecule has 4 aromatic rings. The third-order valence-corrected chi connectivity index (χ3v) is 5.44. The number of pyridine rings is 1. The average molecular weight is 357 g/mol. The molecule has 0 unspecified atom stereocenters. The summed E-state index contributed by atoms with van der Waals surface area (Å²) in [6, 6.07) is 20.9. The highest BCUT2D eigenvalue weighted by Crippen LogP contribution is 2.32. The van der Waals surface area contributed by atoms with E-state index in [1.54, 1.807) is 18.0 Å². The van der Waals surface area contributed by atoms with Crippen LogP contribution in [0.2, 0.25) is 0 Å². The van der Waals surface area contributed by atoms with Crippen LogP contribution in [0.25, 0.3) is 23.1 Å². The zero-order valence-corrected chi connectivity index (χ0v) is 15.6. The summed E-state index contributed by atoms with van der Waals surface area (Å²) in [6.07, 6.45) is 5.82. The Morgan fingerprint density at radius 2 is 1.81 bits per heavy atom. The lowest BCUT2D eigenvalue weighted by Gasteiger charge is -2.05. The van der Waals surface area contributed by atoms with Crippen LogP contribution in [0.3, 0.4) is 0 Å². The molecule has 2 heterocycles. The summed E-state index contributed by atoms with van der Waals surface area (Å²) in [5.41, 5.74) is 4.31. The number of aryl methyl sites for hydroxylation is 2. The molecule has 26 heavy (non-hydrogen) atoms. The highest BCUT2D eigenvalue weighted by Gasteiger charge is 2.08. The molecule has 0 amide bonds. The van der Waals surface area contributed by atoms with Gasteiger partial charge in [-0.05, 0) is 61.0 Å². The lowest BCUT2D eigenvalue weighted by Crippen LogP contribution is -1.89. The molecule has 2 aromatic heterocycles. The molecule has 0 bridgehead atoms. The molecule has 128 valence electrons. The summed E-state index contributed by atoms with van der Waals surface area (Å²) >= 11 is 1.79. The molecule has 4 rings (SSSR count). The predicted octanol–water partition coefficient (Wildman–Crippen LogP) is 5.60. The fourth-order valence-corrected chi connectivity index (χ4v) is 3.82. The zero-order valence-electron chi connectivity index (χ0n) is 14.8. The number of aromatic nitrogens is 3. The molecule has 0 spiro atoms. The first kappa shape index (κ1) is 16.6. The van der Waals surface area contributed by atoms with Gasteiger partial charge in [-0.1, -0.05) is 36.0 Å². The summed E-state index contributed by atoms with van der Waals surface area (Å²) in [5.74, 6) is 0. The minimum absolute atomic E-state index is 0.929. The van der Waals surface area contributed by atoms with Crippen LogP contribution >= 0.6 is 11.8 Å². The number of fused-ring (bicyclic) bond motifs is 1. The van der Waals surface area contributed by atoms with Crippen molar-refractivity contribution in [2.45, 2.75) is 16.7 Å². The second-order valence-corrected chi connectivity index (χ2v) is 7.26. The Labute approximate surface area is 157 Å². The molecule has 0 aliphatic heterocycles. The van der Waals surface area contributed by atoms with Gasteiger partial charge in [-0.25, -0.2) is 0 Å². The van der Waals surface area contributed by atoms with E-state index >= 15 is 0 Å². The largest absolute Gasteiger partial charge is 0.267 e.